The number of aromatic hydroxyl groups is 1. The number of aliphatic carboxylic acids is 1. The second-order valence-corrected chi connectivity index (χ2v) is 7.18. The Balaban J connectivity index is 2.83. The second-order valence-electron chi connectivity index (χ2n) is 5.73. The summed E-state index contributed by atoms with van der Waals surface area (Å²) in [5.74, 6) is -1.22. The number of benzene rings is 1. The van der Waals surface area contributed by atoms with Crippen molar-refractivity contribution >= 4 is 16.2 Å². The summed E-state index contributed by atoms with van der Waals surface area (Å²) in [6.07, 6.45) is -0.0271. The van der Waals surface area contributed by atoms with E-state index >= 15 is 0 Å². The van der Waals surface area contributed by atoms with Gasteiger partial charge in [0.1, 0.15) is 11.8 Å². The summed E-state index contributed by atoms with van der Waals surface area (Å²) in [6.45, 7) is 4.96. The minimum atomic E-state index is -3.94. The topological polar surface area (TPSA) is 116 Å². The van der Waals surface area contributed by atoms with Gasteiger partial charge < -0.3 is 10.2 Å². The fourth-order valence-electron chi connectivity index (χ4n) is 1.67. The molecule has 1 atom stereocenters. The van der Waals surface area contributed by atoms with Crippen LogP contribution in [0.1, 0.15) is 26.3 Å². The molecule has 7 nitrogen and oxygen atoms in total. The van der Waals surface area contributed by atoms with E-state index in [2.05, 4.69) is 9.44 Å². The minimum Gasteiger partial charge on any atom is -0.508 e. The smallest absolute Gasteiger partial charge is 0.322 e. The van der Waals surface area contributed by atoms with Crippen molar-refractivity contribution in [1.82, 2.24) is 9.44 Å². The van der Waals surface area contributed by atoms with Crippen LogP contribution in [-0.4, -0.2) is 36.2 Å². The highest BCUT2D eigenvalue weighted by Crippen LogP contribution is 2.12. The van der Waals surface area contributed by atoms with Crippen molar-refractivity contribution in [3.8, 4) is 5.75 Å². The number of nitrogens with one attached hydrogen (secondary N) is 2. The van der Waals surface area contributed by atoms with E-state index in [0.717, 1.165) is 0 Å². The molecule has 21 heavy (non-hydrogen) atoms. The van der Waals surface area contributed by atoms with Gasteiger partial charge >= 0.3 is 5.97 Å². The molecule has 0 aliphatic carbocycles. The molecule has 4 N–H and O–H groups in total. The fraction of sp³-hybridized carbons (Fsp3) is 0.462. The van der Waals surface area contributed by atoms with E-state index in [9.17, 15) is 18.3 Å². The average molecular weight is 316 g/mol. The summed E-state index contributed by atoms with van der Waals surface area (Å²) in [5, 5.41) is 18.3. The van der Waals surface area contributed by atoms with Crippen molar-refractivity contribution in [2.45, 2.75) is 38.8 Å². The molecule has 0 amide bonds. The van der Waals surface area contributed by atoms with E-state index in [1.54, 1.807) is 20.8 Å². The first-order chi connectivity index (χ1) is 9.48. The number of hydrogen-bond donors (Lipinski definition) is 4. The molecular formula is C13H20N2O5S. The standard InChI is InChI=1S/C13H20N2O5S/c1-13(2,3)15-21(19,20)14-11(12(17)18)8-9-4-6-10(16)7-5-9/h4-7,11,14-16H,8H2,1-3H3,(H,17,18)/t11-/m0/s1. The van der Waals surface area contributed by atoms with E-state index in [1.165, 1.54) is 24.3 Å². The Morgan fingerprint density at radius 1 is 1.24 bits per heavy atom. The predicted octanol–water partition coefficient (Wildman–Crippen LogP) is 0.610. The molecule has 118 valence electrons. The molecule has 0 saturated carbocycles. The number of rotatable bonds is 6. The molecule has 0 fully saturated rings. The van der Waals surface area contributed by atoms with Crippen LogP contribution in [0.5, 0.6) is 5.75 Å². The third-order valence-corrected chi connectivity index (χ3v) is 3.89. The summed E-state index contributed by atoms with van der Waals surface area (Å²) >= 11 is 0. The number of phenolic OH excluding ortho intramolecular Hbond substituents is 1. The van der Waals surface area contributed by atoms with Gasteiger partial charge in [0.2, 0.25) is 0 Å². The maximum Gasteiger partial charge on any atom is 0.322 e. The van der Waals surface area contributed by atoms with Crippen molar-refractivity contribution in [3.63, 3.8) is 0 Å². The SMILES string of the molecule is CC(C)(C)NS(=O)(=O)N[C@@H](Cc1ccc(O)cc1)C(=O)O. The fourth-order valence-corrected chi connectivity index (χ4v) is 3.09. The van der Waals surface area contributed by atoms with Crippen LogP contribution < -0.4 is 9.44 Å². The zero-order valence-corrected chi connectivity index (χ0v) is 12.9. The number of carboxylic acid groups (broad SMARTS) is 1. The van der Waals surface area contributed by atoms with Gasteiger partial charge in [-0.1, -0.05) is 12.1 Å². The van der Waals surface area contributed by atoms with Gasteiger partial charge in [0.25, 0.3) is 10.2 Å². The van der Waals surface area contributed by atoms with Crippen LogP contribution in [-0.2, 0) is 21.4 Å². The summed E-state index contributed by atoms with van der Waals surface area (Å²) in [7, 11) is -3.94. The Morgan fingerprint density at radius 3 is 2.19 bits per heavy atom. The van der Waals surface area contributed by atoms with Crippen molar-refractivity contribution in [2.75, 3.05) is 0 Å². The lowest BCUT2D eigenvalue weighted by Gasteiger charge is -2.22. The Kier molecular flexibility index (Phi) is 5.32. The summed E-state index contributed by atoms with van der Waals surface area (Å²) < 4.78 is 28.2. The maximum atomic E-state index is 11.9. The first-order valence-corrected chi connectivity index (χ1v) is 7.79. The average Bonchev–Trinajstić information content (AvgIpc) is 2.27. The molecule has 0 bridgehead atoms. The van der Waals surface area contributed by atoms with Gasteiger partial charge in [-0.15, -0.1) is 0 Å². The molecule has 0 aromatic heterocycles. The molecule has 1 rings (SSSR count). The maximum absolute atomic E-state index is 11.9. The van der Waals surface area contributed by atoms with E-state index in [4.69, 9.17) is 5.11 Å². The third-order valence-electron chi connectivity index (χ3n) is 2.41. The number of hydrogen-bond acceptors (Lipinski definition) is 4. The van der Waals surface area contributed by atoms with E-state index in [1.807, 2.05) is 0 Å². The van der Waals surface area contributed by atoms with Crippen LogP contribution in [0.4, 0.5) is 0 Å². The molecular weight excluding hydrogens is 296 g/mol. The Hall–Kier alpha value is -1.64. The van der Waals surface area contributed by atoms with Gasteiger partial charge in [-0.25, -0.2) is 0 Å². The highest BCUT2D eigenvalue weighted by Gasteiger charge is 2.27. The first-order valence-electron chi connectivity index (χ1n) is 6.30. The van der Waals surface area contributed by atoms with E-state index in [-0.39, 0.29) is 12.2 Å². The Morgan fingerprint density at radius 2 is 1.76 bits per heavy atom. The monoisotopic (exact) mass is 316 g/mol. The quantitative estimate of drug-likeness (QED) is 0.614. The van der Waals surface area contributed by atoms with Crippen molar-refractivity contribution in [1.29, 1.82) is 0 Å². The van der Waals surface area contributed by atoms with Gasteiger partial charge in [0.05, 0.1) is 0 Å². The van der Waals surface area contributed by atoms with Crippen LogP contribution in [0, 0.1) is 0 Å². The highest BCUT2D eigenvalue weighted by molar-refractivity contribution is 7.87. The lowest BCUT2D eigenvalue weighted by molar-refractivity contribution is -0.138. The van der Waals surface area contributed by atoms with Crippen molar-refractivity contribution < 1.29 is 23.4 Å². The third kappa shape index (κ3) is 6.56. The van der Waals surface area contributed by atoms with Crippen LogP contribution in [0.3, 0.4) is 0 Å². The molecule has 0 spiro atoms. The zero-order chi connectivity index (χ0) is 16.3. The Labute approximate surface area is 124 Å². The largest absolute Gasteiger partial charge is 0.508 e. The van der Waals surface area contributed by atoms with E-state index in [0.29, 0.717) is 5.56 Å². The lowest BCUT2D eigenvalue weighted by atomic mass is 10.1. The van der Waals surface area contributed by atoms with Gasteiger partial charge in [0.15, 0.2) is 0 Å². The zero-order valence-electron chi connectivity index (χ0n) is 12.1. The van der Waals surface area contributed by atoms with Crippen LogP contribution in [0.25, 0.3) is 0 Å². The normalized spacial score (nSPS) is 13.9. The van der Waals surface area contributed by atoms with Crippen molar-refractivity contribution in [3.05, 3.63) is 29.8 Å². The molecule has 1 aromatic carbocycles. The summed E-state index contributed by atoms with van der Waals surface area (Å²) in [5.41, 5.74) is -0.119. The molecule has 0 saturated heterocycles. The molecule has 1 aromatic rings. The van der Waals surface area contributed by atoms with Crippen LogP contribution >= 0.6 is 0 Å². The molecule has 0 aliphatic rings. The Bertz CT molecular complexity index is 590. The highest BCUT2D eigenvalue weighted by atomic mass is 32.2. The number of carbonyl (C=O) groups is 1. The van der Waals surface area contributed by atoms with Gasteiger partial charge in [-0.05, 0) is 44.9 Å². The lowest BCUT2D eigenvalue weighted by Crippen LogP contribution is -2.52. The minimum absolute atomic E-state index is 0.0271. The van der Waals surface area contributed by atoms with Gasteiger partial charge in [-0.3, -0.25) is 4.79 Å². The van der Waals surface area contributed by atoms with E-state index < -0.39 is 27.8 Å². The van der Waals surface area contributed by atoms with Crippen LogP contribution in [0.15, 0.2) is 24.3 Å². The molecule has 0 unspecified atom stereocenters. The predicted molar refractivity (Wildman–Crippen MR) is 78.2 cm³/mol. The van der Waals surface area contributed by atoms with Gasteiger partial charge in [-0.2, -0.15) is 17.9 Å². The van der Waals surface area contributed by atoms with Gasteiger partial charge in [0, 0.05) is 5.54 Å². The second kappa shape index (κ2) is 6.42. The summed E-state index contributed by atoms with van der Waals surface area (Å²) in [6, 6.07) is 4.61. The number of phenols is 1. The molecule has 0 aliphatic heterocycles. The summed E-state index contributed by atoms with van der Waals surface area (Å²) in [4.78, 5) is 11.2. The van der Waals surface area contributed by atoms with Crippen molar-refractivity contribution in [2.24, 2.45) is 0 Å². The number of carboxylic acids is 1. The first kappa shape index (κ1) is 17.4. The molecule has 0 radical (unpaired) electrons. The molecule has 8 heteroatoms. The molecule has 0 heterocycles. The van der Waals surface area contributed by atoms with Crippen LogP contribution in [0.2, 0.25) is 0 Å².